The van der Waals surface area contributed by atoms with Gasteiger partial charge in [0.15, 0.2) is 5.43 Å². The van der Waals surface area contributed by atoms with Gasteiger partial charge in [-0.05, 0) is 47.3 Å². The van der Waals surface area contributed by atoms with E-state index in [-0.39, 0.29) is 10.8 Å². The summed E-state index contributed by atoms with van der Waals surface area (Å²) in [5.74, 6) is -0.450. The van der Waals surface area contributed by atoms with Gasteiger partial charge in [0, 0.05) is 15.7 Å². The van der Waals surface area contributed by atoms with Crippen molar-refractivity contribution in [3.63, 3.8) is 0 Å². The summed E-state index contributed by atoms with van der Waals surface area (Å²) in [6.45, 7) is 0. The summed E-state index contributed by atoms with van der Waals surface area (Å²) < 4.78 is 14.4. The molecule has 82 valence electrons. The largest absolute Gasteiger partial charge is 0.357 e. The molecule has 0 unspecified atom stereocenters. The molecule has 1 N–H and O–H groups in total. The number of hydrogen-bond acceptors (Lipinski definition) is 1. The number of rotatable bonds is 0. The van der Waals surface area contributed by atoms with Crippen LogP contribution in [0.4, 0.5) is 4.39 Å². The normalized spacial score (nSPS) is 14.4. The maximum absolute atomic E-state index is 13.7. The Hall–Kier alpha value is -1.16. The molecule has 3 rings (SSSR count). The van der Waals surface area contributed by atoms with Crippen LogP contribution in [0.5, 0.6) is 0 Å². The molecule has 0 bridgehead atoms. The summed E-state index contributed by atoms with van der Waals surface area (Å²) in [7, 11) is 0. The molecule has 4 heteroatoms. The van der Waals surface area contributed by atoms with Crippen LogP contribution in [0.1, 0.15) is 17.7 Å². The van der Waals surface area contributed by atoms with Crippen molar-refractivity contribution in [1.29, 1.82) is 0 Å². The Kier molecular flexibility index (Phi) is 2.14. The third-order valence-corrected chi connectivity index (χ3v) is 3.76. The van der Waals surface area contributed by atoms with E-state index in [9.17, 15) is 9.18 Å². The first kappa shape index (κ1) is 10.0. The topological polar surface area (TPSA) is 32.9 Å². The van der Waals surface area contributed by atoms with Crippen molar-refractivity contribution in [2.45, 2.75) is 19.3 Å². The molecular formula is C12H9BrFNO. The summed E-state index contributed by atoms with van der Waals surface area (Å²) in [4.78, 5) is 15.3. The molecule has 0 radical (unpaired) electrons. The zero-order valence-corrected chi connectivity index (χ0v) is 10.0. The van der Waals surface area contributed by atoms with Gasteiger partial charge in [0.25, 0.3) is 0 Å². The summed E-state index contributed by atoms with van der Waals surface area (Å²) >= 11 is 3.34. The highest BCUT2D eigenvalue weighted by molar-refractivity contribution is 9.10. The molecule has 0 saturated carbocycles. The second-order valence-electron chi connectivity index (χ2n) is 4.04. The Labute approximate surface area is 99.6 Å². The molecule has 1 aliphatic carbocycles. The van der Waals surface area contributed by atoms with Gasteiger partial charge in [-0.3, -0.25) is 4.79 Å². The van der Waals surface area contributed by atoms with Gasteiger partial charge in [-0.15, -0.1) is 0 Å². The number of fused-ring (bicyclic) bond motifs is 2. The average Bonchev–Trinajstić information content (AvgIpc) is 2.72. The molecule has 1 aromatic carbocycles. The molecule has 1 aromatic heterocycles. The van der Waals surface area contributed by atoms with Gasteiger partial charge >= 0.3 is 0 Å². The van der Waals surface area contributed by atoms with Gasteiger partial charge in [-0.2, -0.15) is 0 Å². The lowest BCUT2D eigenvalue weighted by molar-refractivity contribution is 0.638. The van der Waals surface area contributed by atoms with Crippen LogP contribution in [0.15, 0.2) is 21.4 Å². The molecule has 0 amide bonds. The number of aromatic nitrogens is 1. The van der Waals surface area contributed by atoms with Crippen LogP contribution in [-0.4, -0.2) is 4.98 Å². The van der Waals surface area contributed by atoms with E-state index in [1.54, 1.807) is 6.07 Å². The van der Waals surface area contributed by atoms with Crippen LogP contribution in [0, 0.1) is 5.82 Å². The van der Waals surface area contributed by atoms with Crippen LogP contribution >= 0.6 is 15.9 Å². The predicted octanol–water partition coefficient (Wildman–Crippen LogP) is 2.92. The first-order valence-corrected chi connectivity index (χ1v) is 5.99. The number of hydrogen-bond donors (Lipinski definition) is 1. The van der Waals surface area contributed by atoms with Crippen LogP contribution < -0.4 is 5.43 Å². The van der Waals surface area contributed by atoms with Gasteiger partial charge < -0.3 is 4.98 Å². The number of H-pyrrole nitrogens is 1. The number of aryl methyl sites for hydroxylation is 1. The van der Waals surface area contributed by atoms with E-state index in [4.69, 9.17) is 0 Å². The number of aromatic amines is 1. The molecule has 1 aliphatic rings. The Morgan fingerprint density at radius 1 is 1.31 bits per heavy atom. The maximum Gasteiger partial charge on any atom is 0.195 e. The van der Waals surface area contributed by atoms with E-state index in [1.807, 2.05) is 0 Å². The molecule has 2 aromatic rings. The Morgan fingerprint density at radius 3 is 2.94 bits per heavy atom. The second-order valence-corrected chi connectivity index (χ2v) is 4.90. The minimum Gasteiger partial charge on any atom is -0.357 e. The van der Waals surface area contributed by atoms with Crippen molar-refractivity contribution in [2.75, 3.05) is 0 Å². The third-order valence-electron chi connectivity index (χ3n) is 3.10. The first-order valence-electron chi connectivity index (χ1n) is 5.20. The minimum atomic E-state index is -0.450. The summed E-state index contributed by atoms with van der Waals surface area (Å²) in [5, 5.41) is 0.176. The number of benzene rings is 1. The molecule has 0 fully saturated rings. The molecule has 2 nitrogen and oxygen atoms in total. The molecule has 0 saturated heterocycles. The summed E-state index contributed by atoms with van der Waals surface area (Å²) in [6.07, 6.45) is 2.60. The summed E-state index contributed by atoms with van der Waals surface area (Å²) in [6, 6.07) is 2.94. The Balaban J connectivity index is 2.56. The molecule has 0 spiro atoms. The third kappa shape index (κ3) is 1.26. The summed E-state index contributed by atoms with van der Waals surface area (Å²) in [5.41, 5.74) is 2.14. The fraction of sp³-hybridized carbons (Fsp3) is 0.250. The number of halogens is 2. The van der Waals surface area contributed by atoms with Gasteiger partial charge in [0.2, 0.25) is 0 Å². The Morgan fingerprint density at radius 2 is 2.12 bits per heavy atom. The smallest absolute Gasteiger partial charge is 0.195 e. The van der Waals surface area contributed by atoms with Crippen LogP contribution in [0.2, 0.25) is 0 Å². The predicted molar refractivity (Wildman–Crippen MR) is 64.3 cm³/mol. The van der Waals surface area contributed by atoms with E-state index in [1.165, 1.54) is 6.07 Å². The Bertz CT molecular complexity index is 647. The van der Waals surface area contributed by atoms with Crippen LogP contribution in [0.25, 0.3) is 10.9 Å². The van der Waals surface area contributed by atoms with Crippen molar-refractivity contribution in [1.82, 2.24) is 4.98 Å². The van der Waals surface area contributed by atoms with Crippen molar-refractivity contribution in [3.8, 4) is 0 Å². The zero-order chi connectivity index (χ0) is 11.3. The molecule has 1 heterocycles. The standard InChI is InChI=1S/C12H9BrFNO/c13-7-4-5-8(14)10-11(7)15-9-3-1-2-6(9)12(10)16/h4-5H,1-3H2,(H,15,16). The van der Waals surface area contributed by atoms with Crippen LogP contribution in [0.3, 0.4) is 0 Å². The van der Waals surface area contributed by atoms with E-state index in [0.29, 0.717) is 5.52 Å². The lowest BCUT2D eigenvalue weighted by atomic mass is 10.1. The van der Waals surface area contributed by atoms with E-state index in [0.717, 1.165) is 35.0 Å². The quantitative estimate of drug-likeness (QED) is 0.791. The van der Waals surface area contributed by atoms with Gasteiger partial charge in [0.1, 0.15) is 5.82 Å². The van der Waals surface area contributed by atoms with E-state index >= 15 is 0 Å². The highest BCUT2D eigenvalue weighted by Gasteiger charge is 2.19. The van der Waals surface area contributed by atoms with Crippen molar-refractivity contribution >= 4 is 26.8 Å². The van der Waals surface area contributed by atoms with Gasteiger partial charge in [0.05, 0.1) is 10.9 Å². The average molecular weight is 282 g/mol. The number of pyridine rings is 1. The highest BCUT2D eigenvalue weighted by atomic mass is 79.9. The van der Waals surface area contributed by atoms with Crippen molar-refractivity contribution in [3.05, 3.63) is 43.9 Å². The zero-order valence-electron chi connectivity index (χ0n) is 8.44. The van der Waals surface area contributed by atoms with E-state index < -0.39 is 5.82 Å². The lowest BCUT2D eigenvalue weighted by Crippen LogP contribution is -2.12. The molecule has 16 heavy (non-hydrogen) atoms. The van der Waals surface area contributed by atoms with Crippen molar-refractivity contribution < 1.29 is 4.39 Å². The van der Waals surface area contributed by atoms with E-state index in [2.05, 4.69) is 20.9 Å². The molecule has 0 atom stereocenters. The highest BCUT2D eigenvalue weighted by Crippen LogP contribution is 2.26. The minimum absolute atomic E-state index is 0.153. The number of nitrogens with one attached hydrogen (secondary N) is 1. The molecular weight excluding hydrogens is 273 g/mol. The monoisotopic (exact) mass is 281 g/mol. The maximum atomic E-state index is 13.7. The van der Waals surface area contributed by atoms with Gasteiger partial charge in [-0.1, -0.05) is 0 Å². The van der Waals surface area contributed by atoms with Crippen LogP contribution in [-0.2, 0) is 12.8 Å². The second kappa shape index (κ2) is 3.42. The van der Waals surface area contributed by atoms with Crippen molar-refractivity contribution in [2.24, 2.45) is 0 Å². The fourth-order valence-electron chi connectivity index (χ4n) is 2.33. The first-order chi connectivity index (χ1) is 7.68. The SMILES string of the molecule is O=c1c2c([nH]c3c(Br)ccc(F)c13)CCC2. The fourth-order valence-corrected chi connectivity index (χ4v) is 2.76. The lowest BCUT2D eigenvalue weighted by Gasteiger charge is -2.06. The van der Waals surface area contributed by atoms with Gasteiger partial charge in [-0.25, -0.2) is 4.39 Å². The molecule has 0 aliphatic heterocycles.